The van der Waals surface area contributed by atoms with Gasteiger partial charge in [-0.15, -0.1) is 0 Å². The first-order valence-corrected chi connectivity index (χ1v) is 11.0. The summed E-state index contributed by atoms with van der Waals surface area (Å²) in [4.78, 5) is 19.9. The van der Waals surface area contributed by atoms with Crippen LogP contribution in [0.2, 0.25) is 5.02 Å². The number of carboxylic acids is 1. The summed E-state index contributed by atoms with van der Waals surface area (Å²) in [5.74, 6) is -0.977. The lowest BCUT2D eigenvalue weighted by molar-refractivity contribution is 0.0686. The molecule has 7 nitrogen and oxygen atoms in total. The quantitative estimate of drug-likeness (QED) is 0.345. The number of rotatable bonds is 9. The van der Waals surface area contributed by atoms with E-state index in [0.29, 0.717) is 18.1 Å². The zero-order valence-electron chi connectivity index (χ0n) is 18.1. The number of halogens is 1. The summed E-state index contributed by atoms with van der Waals surface area (Å²) in [5, 5.41) is 24.9. The van der Waals surface area contributed by atoms with Gasteiger partial charge in [0.15, 0.2) is 0 Å². The van der Waals surface area contributed by atoms with Crippen molar-refractivity contribution in [3.63, 3.8) is 0 Å². The van der Waals surface area contributed by atoms with Crippen LogP contribution in [0.1, 0.15) is 40.2 Å². The van der Waals surface area contributed by atoms with Gasteiger partial charge in [-0.25, -0.2) is 14.8 Å². The monoisotopic (exact) mass is 464 g/mol. The summed E-state index contributed by atoms with van der Waals surface area (Å²) in [6.45, 7) is 2.84. The number of benzene rings is 2. The molecule has 2 unspecified atom stereocenters. The van der Waals surface area contributed by atoms with Crippen LogP contribution < -0.4 is 5.32 Å². The zero-order valence-corrected chi connectivity index (χ0v) is 18.9. The van der Waals surface area contributed by atoms with Crippen molar-refractivity contribution in [2.45, 2.75) is 32.0 Å². The molecule has 2 aromatic heterocycles. The van der Waals surface area contributed by atoms with Gasteiger partial charge in [0.1, 0.15) is 12.0 Å². The maximum atomic E-state index is 11.8. The van der Waals surface area contributed by atoms with Crippen molar-refractivity contribution in [3.8, 4) is 0 Å². The number of nitrogens with zero attached hydrogens (tertiary/aromatic N) is 3. The molecule has 0 saturated carbocycles. The fourth-order valence-electron chi connectivity index (χ4n) is 3.96. The molecular weight excluding hydrogens is 440 g/mol. The number of nitrogens with one attached hydrogen (secondary N) is 1. The summed E-state index contributed by atoms with van der Waals surface area (Å²) in [7, 11) is 0. The Balaban J connectivity index is 1.47. The van der Waals surface area contributed by atoms with E-state index < -0.39 is 12.1 Å². The van der Waals surface area contributed by atoms with Crippen molar-refractivity contribution in [1.29, 1.82) is 0 Å². The molecular formula is C25H25ClN4O3. The van der Waals surface area contributed by atoms with E-state index in [-0.39, 0.29) is 11.7 Å². The van der Waals surface area contributed by atoms with Crippen LogP contribution in [-0.4, -0.2) is 43.3 Å². The fourth-order valence-corrected chi connectivity index (χ4v) is 4.16. The van der Waals surface area contributed by atoms with E-state index >= 15 is 0 Å². The number of hydrogen-bond acceptors (Lipinski definition) is 5. The molecule has 0 bridgehead atoms. The number of fused-ring (bicyclic) bond motifs is 1. The normalized spacial score (nSPS) is 13.2. The maximum absolute atomic E-state index is 11.8. The third-order valence-electron chi connectivity index (χ3n) is 5.57. The van der Waals surface area contributed by atoms with E-state index in [0.717, 1.165) is 34.0 Å². The Morgan fingerprint density at radius 3 is 2.64 bits per heavy atom. The summed E-state index contributed by atoms with van der Waals surface area (Å²) in [5.41, 5.74) is 3.75. The van der Waals surface area contributed by atoms with Crippen LogP contribution in [0.25, 0.3) is 10.9 Å². The molecule has 2 heterocycles. The highest BCUT2D eigenvalue weighted by Crippen LogP contribution is 2.24. The zero-order chi connectivity index (χ0) is 23.4. The fraction of sp³-hybridized carbons (Fsp3) is 0.240. The molecule has 8 heteroatoms. The first-order chi connectivity index (χ1) is 15.9. The second kappa shape index (κ2) is 10.1. The smallest absolute Gasteiger partial charge is 0.352 e. The van der Waals surface area contributed by atoms with Crippen molar-refractivity contribution in [2.24, 2.45) is 0 Å². The molecule has 170 valence electrons. The highest BCUT2D eigenvalue weighted by atomic mass is 35.5. The minimum Gasteiger partial charge on any atom is -0.477 e. The summed E-state index contributed by atoms with van der Waals surface area (Å²) >= 11 is 6.01. The molecule has 0 saturated heterocycles. The molecule has 3 N–H and O–H groups in total. The molecule has 2 aromatic carbocycles. The second-order valence-corrected chi connectivity index (χ2v) is 8.58. The van der Waals surface area contributed by atoms with E-state index in [9.17, 15) is 15.0 Å². The molecule has 2 atom stereocenters. The van der Waals surface area contributed by atoms with Crippen LogP contribution in [0, 0.1) is 0 Å². The van der Waals surface area contributed by atoms with Gasteiger partial charge < -0.3 is 20.1 Å². The van der Waals surface area contributed by atoms with Gasteiger partial charge >= 0.3 is 5.97 Å². The average Bonchev–Trinajstić information content (AvgIpc) is 3.16. The van der Waals surface area contributed by atoms with Crippen LogP contribution in [-0.2, 0) is 13.0 Å². The molecule has 0 spiro atoms. The van der Waals surface area contributed by atoms with Crippen molar-refractivity contribution < 1.29 is 15.0 Å². The molecule has 0 amide bonds. The van der Waals surface area contributed by atoms with E-state index in [1.807, 2.05) is 30.3 Å². The standard InChI is InChI=1S/C25H25ClN4O3/c1-16(29-13-24(31)19-3-2-4-21(26)9-19)7-17-5-6-22-20(8-17)10-23(25(32)33)30(22)14-18-11-27-15-28-12-18/h2-6,8-12,15-16,24,29,31H,7,13-14H2,1H3,(H,32,33). The van der Waals surface area contributed by atoms with Crippen molar-refractivity contribution in [1.82, 2.24) is 19.9 Å². The van der Waals surface area contributed by atoms with Gasteiger partial charge in [0.2, 0.25) is 0 Å². The van der Waals surface area contributed by atoms with Gasteiger partial charge in [-0.3, -0.25) is 0 Å². The van der Waals surface area contributed by atoms with Crippen LogP contribution in [0.3, 0.4) is 0 Å². The van der Waals surface area contributed by atoms with Gasteiger partial charge in [0.05, 0.1) is 12.6 Å². The molecule has 0 radical (unpaired) electrons. The number of aliphatic hydroxyl groups is 1. The van der Waals surface area contributed by atoms with Crippen LogP contribution in [0.5, 0.6) is 0 Å². The van der Waals surface area contributed by atoms with Crippen molar-refractivity contribution in [2.75, 3.05) is 6.54 Å². The molecule has 0 aliphatic heterocycles. The first kappa shape index (κ1) is 22.9. The van der Waals surface area contributed by atoms with E-state index in [1.54, 1.807) is 35.2 Å². The van der Waals surface area contributed by atoms with Crippen molar-refractivity contribution >= 4 is 28.5 Å². The summed E-state index contributed by atoms with van der Waals surface area (Å²) in [6, 6.07) is 15.0. The molecule has 0 aliphatic carbocycles. The predicted molar refractivity (Wildman–Crippen MR) is 128 cm³/mol. The number of aromatic nitrogens is 3. The first-order valence-electron chi connectivity index (χ1n) is 10.7. The molecule has 0 fully saturated rings. The Bertz CT molecular complexity index is 1260. The van der Waals surface area contributed by atoms with Gasteiger partial charge in [-0.2, -0.15) is 0 Å². The number of aliphatic hydroxyl groups excluding tert-OH is 1. The van der Waals surface area contributed by atoms with Gasteiger partial charge in [0, 0.05) is 46.5 Å². The number of hydrogen-bond donors (Lipinski definition) is 3. The average molecular weight is 465 g/mol. The Morgan fingerprint density at radius 2 is 1.91 bits per heavy atom. The lowest BCUT2D eigenvalue weighted by atomic mass is 10.0. The number of carboxylic acid groups (broad SMARTS) is 1. The maximum Gasteiger partial charge on any atom is 0.352 e. The van der Waals surface area contributed by atoms with Gasteiger partial charge in [-0.1, -0.05) is 29.8 Å². The lowest BCUT2D eigenvalue weighted by Crippen LogP contribution is -2.32. The highest BCUT2D eigenvalue weighted by Gasteiger charge is 2.16. The van der Waals surface area contributed by atoms with Crippen LogP contribution >= 0.6 is 11.6 Å². The Kier molecular flexibility index (Phi) is 7.03. The summed E-state index contributed by atoms with van der Waals surface area (Å²) in [6.07, 6.45) is 4.90. The topological polar surface area (TPSA) is 100 Å². The predicted octanol–water partition coefficient (Wildman–Crippen LogP) is 4.09. The molecule has 4 aromatic rings. The van der Waals surface area contributed by atoms with Gasteiger partial charge in [0.25, 0.3) is 0 Å². The van der Waals surface area contributed by atoms with E-state index in [4.69, 9.17) is 11.6 Å². The Morgan fingerprint density at radius 1 is 1.12 bits per heavy atom. The molecule has 4 rings (SSSR count). The van der Waals surface area contributed by atoms with Crippen LogP contribution in [0.4, 0.5) is 0 Å². The SMILES string of the molecule is CC(Cc1ccc2c(c1)cc(C(=O)O)n2Cc1cncnc1)NCC(O)c1cccc(Cl)c1. The third-order valence-corrected chi connectivity index (χ3v) is 5.81. The summed E-state index contributed by atoms with van der Waals surface area (Å²) < 4.78 is 1.77. The number of carbonyl (C=O) groups is 1. The van der Waals surface area contributed by atoms with Gasteiger partial charge in [-0.05, 0) is 54.8 Å². The van der Waals surface area contributed by atoms with E-state index in [1.165, 1.54) is 6.33 Å². The largest absolute Gasteiger partial charge is 0.477 e. The minimum absolute atomic E-state index is 0.110. The highest BCUT2D eigenvalue weighted by molar-refractivity contribution is 6.30. The lowest BCUT2D eigenvalue weighted by Gasteiger charge is -2.18. The number of aromatic carboxylic acids is 1. The molecule has 0 aliphatic rings. The Hall–Kier alpha value is -3.26. The third kappa shape index (κ3) is 5.57. The Labute approximate surface area is 196 Å². The van der Waals surface area contributed by atoms with E-state index in [2.05, 4.69) is 22.2 Å². The van der Waals surface area contributed by atoms with Crippen molar-refractivity contribution in [3.05, 3.63) is 94.7 Å². The molecule has 33 heavy (non-hydrogen) atoms. The van der Waals surface area contributed by atoms with Crippen LogP contribution in [0.15, 0.2) is 67.3 Å². The second-order valence-electron chi connectivity index (χ2n) is 8.14. The minimum atomic E-state index is -0.977.